The minimum absolute atomic E-state index is 0.415. The molecule has 0 bridgehead atoms. The zero-order chi connectivity index (χ0) is 12.3. The van der Waals surface area contributed by atoms with Gasteiger partial charge in [-0.05, 0) is 37.5 Å². The number of Topliss-reactive ketones (excluding diaryl/α,β-unsaturated/α-hetero) is 1. The van der Waals surface area contributed by atoms with E-state index < -0.39 is 0 Å². The van der Waals surface area contributed by atoms with Gasteiger partial charge in [0.05, 0.1) is 7.11 Å². The van der Waals surface area contributed by atoms with Crippen molar-refractivity contribution in [3.8, 4) is 5.75 Å². The van der Waals surface area contributed by atoms with E-state index in [0.717, 1.165) is 31.4 Å². The molecule has 2 nitrogen and oxygen atoms in total. The Kier molecular flexibility index (Phi) is 4.11. The highest BCUT2D eigenvalue weighted by Gasteiger charge is 2.20. The average Bonchev–Trinajstić information content (AvgIpc) is 2.32. The van der Waals surface area contributed by atoms with Crippen LogP contribution < -0.4 is 4.74 Å². The monoisotopic (exact) mass is 250 g/mol. The van der Waals surface area contributed by atoms with Crippen molar-refractivity contribution in [1.29, 1.82) is 0 Å². The minimum atomic E-state index is 0.415. The van der Waals surface area contributed by atoms with Gasteiger partial charge in [0.25, 0.3) is 0 Å². The van der Waals surface area contributed by atoms with E-state index in [9.17, 15) is 4.79 Å². The number of hydrogen-bond acceptors (Lipinski definition) is 3. The third-order valence-corrected chi connectivity index (χ3v) is 4.48. The van der Waals surface area contributed by atoms with Crippen molar-refractivity contribution in [3.05, 3.63) is 23.8 Å². The van der Waals surface area contributed by atoms with Gasteiger partial charge in [-0.1, -0.05) is 6.07 Å². The fourth-order valence-corrected chi connectivity index (χ4v) is 3.44. The summed E-state index contributed by atoms with van der Waals surface area (Å²) in [5.41, 5.74) is 1.25. The summed E-state index contributed by atoms with van der Waals surface area (Å²) >= 11 is 1.85. The van der Waals surface area contributed by atoms with Crippen molar-refractivity contribution in [2.75, 3.05) is 7.11 Å². The van der Waals surface area contributed by atoms with Crippen molar-refractivity contribution in [2.24, 2.45) is 0 Å². The molecule has 1 saturated carbocycles. The Hall–Kier alpha value is -0.960. The molecule has 17 heavy (non-hydrogen) atoms. The third kappa shape index (κ3) is 3.25. The first kappa shape index (κ1) is 12.5. The molecule has 0 heterocycles. The van der Waals surface area contributed by atoms with Crippen molar-refractivity contribution in [1.82, 2.24) is 0 Å². The molecule has 3 heteroatoms. The summed E-state index contributed by atoms with van der Waals surface area (Å²) in [6.07, 6.45) is 3.48. The normalized spacial score (nSPS) is 17.2. The Labute approximate surface area is 107 Å². The van der Waals surface area contributed by atoms with Gasteiger partial charge in [0.2, 0.25) is 0 Å². The van der Waals surface area contributed by atoms with E-state index in [1.807, 2.05) is 17.8 Å². The van der Waals surface area contributed by atoms with E-state index in [1.165, 1.54) is 10.5 Å². The first-order valence-electron chi connectivity index (χ1n) is 6.02. The maximum atomic E-state index is 11.2. The molecule has 2 rings (SSSR count). The highest BCUT2D eigenvalue weighted by molar-refractivity contribution is 8.00. The molecular weight excluding hydrogens is 232 g/mol. The first-order valence-corrected chi connectivity index (χ1v) is 6.90. The number of benzene rings is 1. The standard InChI is InChI=1S/C14H18O2S/c1-10-3-8-13(16-2)14(9-10)17-12-6-4-11(15)5-7-12/h3,8-9,12H,4-7H2,1-2H3. The fraction of sp³-hybridized carbons (Fsp3) is 0.500. The van der Waals surface area contributed by atoms with Gasteiger partial charge in [0.15, 0.2) is 0 Å². The largest absolute Gasteiger partial charge is 0.496 e. The maximum absolute atomic E-state index is 11.2. The van der Waals surface area contributed by atoms with Crippen molar-refractivity contribution in [2.45, 2.75) is 42.8 Å². The van der Waals surface area contributed by atoms with Crippen LogP contribution in [0.1, 0.15) is 31.2 Å². The van der Waals surface area contributed by atoms with Crippen LogP contribution in [0.25, 0.3) is 0 Å². The molecule has 0 atom stereocenters. The second-order valence-electron chi connectivity index (χ2n) is 4.51. The van der Waals surface area contributed by atoms with Gasteiger partial charge in [0, 0.05) is 23.0 Å². The Morgan fingerprint density at radius 1 is 1.29 bits per heavy atom. The summed E-state index contributed by atoms with van der Waals surface area (Å²) in [5, 5.41) is 0.559. The lowest BCUT2D eigenvalue weighted by atomic mass is 9.99. The van der Waals surface area contributed by atoms with Crippen LogP contribution in [0.5, 0.6) is 5.75 Å². The highest BCUT2D eigenvalue weighted by atomic mass is 32.2. The lowest BCUT2D eigenvalue weighted by molar-refractivity contribution is -0.120. The van der Waals surface area contributed by atoms with E-state index in [4.69, 9.17) is 4.74 Å². The number of carbonyl (C=O) groups is 1. The number of carbonyl (C=O) groups excluding carboxylic acids is 1. The number of hydrogen-bond donors (Lipinski definition) is 0. The van der Waals surface area contributed by atoms with Gasteiger partial charge < -0.3 is 4.74 Å². The predicted molar refractivity (Wildman–Crippen MR) is 70.9 cm³/mol. The van der Waals surface area contributed by atoms with Gasteiger partial charge >= 0.3 is 0 Å². The van der Waals surface area contributed by atoms with Crippen LogP contribution in [0.4, 0.5) is 0 Å². The Bertz CT molecular complexity index is 405. The number of rotatable bonds is 3. The molecule has 1 aromatic carbocycles. The molecule has 0 N–H and O–H groups in total. The molecule has 0 aliphatic heterocycles. The molecule has 0 radical (unpaired) electrons. The lowest BCUT2D eigenvalue weighted by Crippen LogP contribution is -2.15. The molecular formula is C14H18O2S. The number of methoxy groups -OCH3 is 1. The van der Waals surface area contributed by atoms with Gasteiger partial charge in [0.1, 0.15) is 11.5 Å². The quantitative estimate of drug-likeness (QED) is 0.819. The molecule has 0 unspecified atom stereocenters. The predicted octanol–water partition coefficient (Wildman–Crippen LogP) is 3.61. The van der Waals surface area contributed by atoms with Gasteiger partial charge in [-0.2, -0.15) is 0 Å². The maximum Gasteiger partial charge on any atom is 0.132 e. The minimum Gasteiger partial charge on any atom is -0.496 e. The molecule has 0 amide bonds. The van der Waals surface area contributed by atoms with E-state index >= 15 is 0 Å². The fourth-order valence-electron chi connectivity index (χ4n) is 2.09. The smallest absolute Gasteiger partial charge is 0.132 e. The Morgan fingerprint density at radius 3 is 2.65 bits per heavy atom. The Morgan fingerprint density at radius 2 is 2.00 bits per heavy atom. The van der Waals surface area contributed by atoms with Gasteiger partial charge in [-0.15, -0.1) is 11.8 Å². The number of ketones is 1. The van der Waals surface area contributed by atoms with Crippen LogP contribution >= 0.6 is 11.8 Å². The second kappa shape index (κ2) is 5.58. The molecule has 0 saturated heterocycles. The summed E-state index contributed by atoms with van der Waals surface area (Å²) in [6.45, 7) is 2.09. The van der Waals surface area contributed by atoms with E-state index in [0.29, 0.717) is 11.0 Å². The zero-order valence-electron chi connectivity index (χ0n) is 10.4. The molecule has 92 valence electrons. The highest BCUT2D eigenvalue weighted by Crippen LogP contribution is 2.37. The van der Waals surface area contributed by atoms with E-state index in [1.54, 1.807) is 7.11 Å². The third-order valence-electron chi connectivity index (χ3n) is 3.10. The molecule has 0 spiro atoms. The molecule has 0 aromatic heterocycles. The first-order chi connectivity index (χ1) is 8.19. The van der Waals surface area contributed by atoms with Crippen LogP contribution in [-0.4, -0.2) is 18.1 Å². The van der Waals surface area contributed by atoms with Crippen LogP contribution in [0, 0.1) is 6.92 Å². The molecule has 1 aliphatic carbocycles. The molecule has 1 aliphatic rings. The van der Waals surface area contributed by atoms with Crippen molar-refractivity contribution in [3.63, 3.8) is 0 Å². The summed E-state index contributed by atoms with van der Waals surface area (Å²) in [7, 11) is 1.71. The Balaban J connectivity index is 2.07. The molecule has 1 fully saturated rings. The van der Waals surface area contributed by atoms with Gasteiger partial charge in [-0.25, -0.2) is 0 Å². The van der Waals surface area contributed by atoms with Crippen LogP contribution in [0.3, 0.4) is 0 Å². The molecule has 1 aromatic rings. The number of aryl methyl sites for hydroxylation is 1. The SMILES string of the molecule is COc1ccc(C)cc1SC1CCC(=O)CC1. The lowest BCUT2D eigenvalue weighted by Gasteiger charge is -2.21. The van der Waals surface area contributed by atoms with E-state index in [-0.39, 0.29) is 0 Å². The number of ether oxygens (including phenoxy) is 1. The zero-order valence-corrected chi connectivity index (χ0v) is 11.2. The summed E-state index contributed by atoms with van der Waals surface area (Å²) < 4.78 is 5.38. The van der Waals surface area contributed by atoms with Crippen molar-refractivity contribution < 1.29 is 9.53 Å². The summed E-state index contributed by atoms with van der Waals surface area (Å²) in [4.78, 5) is 12.4. The second-order valence-corrected chi connectivity index (χ2v) is 5.85. The van der Waals surface area contributed by atoms with Crippen LogP contribution in [-0.2, 0) is 4.79 Å². The average molecular weight is 250 g/mol. The van der Waals surface area contributed by atoms with E-state index in [2.05, 4.69) is 19.1 Å². The van der Waals surface area contributed by atoms with Gasteiger partial charge in [-0.3, -0.25) is 4.79 Å². The summed E-state index contributed by atoms with van der Waals surface area (Å²) in [6, 6.07) is 6.25. The topological polar surface area (TPSA) is 26.3 Å². The number of thioether (sulfide) groups is 1. The van der Waals surface area contributed by atoms with Crippen molar-refractivity contribution >= 4 is 17.5 Å². The van der Waals surface area contributed by atoms with Crippen LogP contribution in [0.2, 0.25) is 0 Å². The van der Waals surface area contributed by atoms with Crippen LogP contribution in [0.15, 0.2) is 23.1 Å². The summed E-state index contributed by atoms with van der Waals surface area (Å²) in [5.74, 6) is 1.36.